The van der Waals surface area contributed by atoms with E-state index >= 15 is 0 Å². The molecule has 15 nitrogen and oxygen atoms in total. The lowest BCUT2D eigenvalue weighted by molar-refractivity contribution is -0.143. The summed E-state index contributed by atoms with van der Waals surface area (Å²) in [4.78, 5) is 58.6. The van der Waals surface area contributed by atoms with Crippen molar-refractivity contribution in [1.29, 1.82) is 0 Å². The van der Waals surface area contributed by atoms with Crippen LogP contribution in [0, 0.1) is 5.92 Å². The Balaban J connectivity index is 1.28. The Labute approximate surface area is 325 Å². The quantitative estimate of drug-likeness (QED) is 0.111. The van der Waals surface area contributed by atoms with Crippen LogP contribution < -0.4 is 20.7 Å². The van der Waals surface area contributed by atoms with Gasteiger partial charge in [-0.25, -0.2) is 14.5 Å². The molecule has 0 fully saturated rings. The summed E-state index contributed by atoms with van der Waals surface area (Å²) in [6.45, 7) is 7.28. The number of benzene rings is 3. The van der Waals surface area contributed by atoms with Crippen molar-refractivity contribution in [2.75, 3.05) is 5.32 Å². The average Bonchev–Trinajstić information content (AvgIpc) is 4.01. The highest BCUT2D eigenvalue weighted by Crippen LogP contribution is 2.62. The topological polar surface area (TPSA) is 214 Å². The number of carbonyl (C=O) groups excluding carboxylic acids is 2. The zero-order valence-electron chi connectivity index (χ0n) is 31.4. The molecule has 7 heterocycles. The third-order valence-electron chi connectivity index (χ3n) is 12.1. The standard InChI is InChI=1S/C41H39N6O9P/c1-5-40(50,6-2)38(49)43-26-16-20-13-14-28-25(15-20)41-24-11-7-10-22(32(24)46-39(41)55-28)21-9-8-12-27-30(21)23(18-47(27)57(51,52)53)29-17-42-36(54-29)33-34(41)56-37(45-33)31(19(3)4)44-35(26)48/h7-15,17-19,26,31,39,46,50H,5-6,16H2,1-4H3,(H,43,49)(H,44,48)(H2,51,52,53)/t26-,31-,39?,41-/m0/s1. The predicted molar refractivity (Wildman–Crippen MR) is 207 cm³/mol. The lowest BCUT2D eigenvalue weighted by Crippen LogP contribution is -2.55. The molecule has 10 rings (SSSR count). The molecule has 1 spiro atoms. The number of amides is 2. The fourth-order valence-corrected chi connectivity index (χ4v) is 9.73. The Kier molecular flexibility index (Phi) is 7.60. The minimum atomic E-state index is -4.82. The van der Waals surface area contributed by atoms with E-state index in [0.717, 1.165) is 32.3 Å². The van der Waals surface area contributed by atoms with Crippen LogP contribution in [0.3, 0.4) is 0 Å². The predicted octanol–water partition coefficient (Wildman–Crippen LogP) is 5.76. The van der Waals surface area contributed by atoms with Crippen molar-refractivity contribution in [3.05, 3.63) is 95.3 Å². The highest BCUT2D eigenvalue weighted by molar-refractivity contribution is 7.50. The maximum absolute atomic E-state index is 14.3. The number of hydrogen-bond donors (Lipinski definition) is 6. The maximum Gasteiger partial charge on any atom is 0.434 e. The number of rotatable bonds is 6. The first-order chi connectivity index (χ1) is 27.3. The number of nitrogens with zero attached hydrogens (tertiary/aromatic N) is 3. The number of para-hydroxylation sites is 1. The van der Waals surface area contributed by atoms with Crippen molar-refractivity contribution in [2.45, 2.75) is 76.3 Å². The number of oxazole rings is 2. The van der Waals surface area contributed by atoms with Crippen LogP contribution in [-0.4, -0.2) is 58.9 Å². The van der Waals surface area contributed by atoms with Gasteiger partial charge in [0.1, 0.15) is 28.8 Å². The van der Waals surface area contributed by atoms with Gasteiger partial charge in [0.05, 0.1) is 11.7 Å². The van der Waals surface area contributed by atoms with Crippen LogP contribution in [0.1, 0.15) is 74.9 Å². The molecule has 10 bridgehead atoms. The minimum absolute atomic E-state index is 0.0831. The first-order valence-electron chi connectivity index (χ1n) is 19.0. The molecule has 6 N–H and O–H groups in total. The van der Waals surface area contributed by atoms with Crippen LogP contribution in [0.5, 0.6) is 5.75 Å². The lowest BCUT2D eigenvalue weighted by Gasteiger charge is -2.30. The molecular weight excluding hydrogens is 751 g/mol. The zero-order valence-corrected chi connectivity index (χ0v) is 32.3. The molecule has 0 aliphatic carbocycles. The van der Waals surface area contributed by atoms with E-state index in [0.29, 0.717) is 33.5 Å². The smallest absolute Gasteiger partial charge is 0.434 e. The first kappa shape index (κ1) is 35.7. The summed E-state index contributed by atoms with van der Waals surface area (Å²) < 4.78 is 34.1. The van der Waals surface area contributed by atoms with Crippen LogP contribution in [0.4, 0.5) is 5.69 Å². The summed E-state index contributed by atoms with van der Waals surface area (Å²) in [5.74, 6) is 0.0506. The Morgan fingerprint density at radius 1 is 1.05 bits per heavy atom. The third kappa shape index (κ3) is 4.92. The van der Waals surface area contributed by atoms with E-state index in [-0.39, 0.29) is 48.4 Å². The third-order valence-corrected chi connectivity index (χ3v) is 13.0. The van der Waals surface area contributed by atoms with Crippen molar-refractivity contribution in [3.63, 3.8) is 0 Å². The number of aliphatic hydroxyl groups is 1. The van der Waals surface area contributed by atoms with Gasteiger partial charge in [-0.15, -0.1) is 0 Å². The summed E-state index contributed by atoms with van der Waals surface area (Å²) >= 11 is 0. The molecule has 6 aromatic rings. The van der Waals surface area contributed by atoms with E-state index in [1.807, 2.05) is 56.3 Å². The molecule has 3 aromatic heterocycles. The Bertz CT molecular complexity index is 2740. The van der Waals surface area contributed by atoms with Gasteiger partial charge in [0.25, 0.3) is 5.91 Å². The van der Waals surface area contributed by atoms with Gasteiger partial charge >= 0.3 is 7.75 Å². The second kappa shape index (κ2) is 12.1. The number of aromatic nitrogens is 3. The van der Waals surface area contributed by atoms with Gasteiger partial charge in [0, 0.05) is 45.9 Å². The molecule has 4 aliphatic rings. The van der Waals surface area contributed by atoms with Gasteiger partial charge in [0.2, 0.25) is 17.7 Å². The normalized spacial score (nSPS) is 21.6. The molecule has 4 aliphatic heterocycles. The summed E-state index contributed by atoms with van der Waals surface area (Å²) in [5, 5.41) is 21.3. The molecular formula is C41H39N6O9P. The average molecular weight is 791 g/mol. The van der Waals surface area contributed by atoms with Crippen molar-refractivity contribution >= 4 is 36.2 Å². The molecule has 16 heteroatoms. The van der Waals surface area contributed by atoms with Crippen LogP contribution >= 0.6 is 7.75 Å². The van der Waals surface area contributed by atoms with E-state index in [4.69, 9.17) is 23.5 Å². The Morgan fingerprint density at radius 2 is 1.82 bits per heavy atom. The lowest BCUT2D eigenvalue weighted by atomic mass is 9.72. The Hall–Kier alpha value is -5.73. The van der Waals surface area contributed by atoms with E-state index in [2.05, 4.69) is 16.0 Å². The molecule has 0 saturated heterocycles. The Morgan fingerprint density at radius 3 is 2.58 bits per heavy atom. The first-order valence-corrected chi connectivity index (χ1v) is 20.6. The van der Waals surface area contributed by atoms with Gasteiger partial charge in [0.15, 0.2) is 23.4 Å². The number of ether oxygens (including phenoxy) is 1. The summed E-state index contributed by atoms with van der Waals surface area (Å²) in [7, 11) is -4.82. The summed E-state index contributed by atoms with van der Waals surface area (Å²) in [6.07, 6.45) is 2.54. The van der Waals surface area contributed by atoms with Crippen molar-refractivity contribution in [3.8, 4) is 39.8 Å². The second-order valence-electron chi connectivity index (χ2n) is 15.6. The highest BCUT2D eigenvalue weighted by Gasteiger charge is 2.61. The summed E-state index contributed by atoms with van der Waals surface area (Å²) in [5.41, 5.74) is 2.49. The monoisotopic (exact) mass is 790 g/mol. The van der Waals surface area contributed by atoms with Gasteiger partial charge < -0.3 is 44.4 Å². The maximum atomic E-state index is 14.3. The van der Waals surface area contributed by atoms with E-state index in [1.54, 1.807) is 26.0 Å². The molecule has 292 valence electrons. The molecule has 2 amide bonds. The molecule has 3 aromatic carbocycles. The fourth-order valence-electron chi connectivity index (χ4n) is 9.01. The summed E-state index contributed by atoms with van der Waals surface area (Å²) in [6, 6.07) is 15.0. The number of hydrogen-bond acceptors (Lipinski definition) is 10. The van der Waals surface area contributed by atoms with Crippen molar-refractivity contribution < 1.29 is 42.6 Å². The molecule has 0 saturated carbocycles. The largest absolute Gasteiger partial charge is 0.469 e. The second-order valence-corrected chi connectivity index (χ2v) is 17.0. The molecule has 0 radical (unpaired) electrons. The zero-order chi connectivity index (χ0) is 39.8. The van der Waals surface area contributed by atoms with Gasteiger partial charge in [-0.1, -0.05) is 70.2 Å². The number of carbonyl (C=O) groups is 2. The van der Waals surface area contributed by atoms with E-state index < -0.39 is 48.9 Å². The van der Waals surface area contributed by atoms with Gasteiger partial charge in [-0.05, 0) is 42.0 Å². The molecule has 4 atom stereocenters. The van der Waals surface area contributed by atoms with Crippen LogP contribution in [-0.2, 0) is 26.0 Å². The van der Waals surface area contributed by atoms with Crippen molar-refractivity contribution in [1.82, 2.24) is 24.9 Å². The van der Waals surface area contributed by atoms with Crippen LogP contribution in [0.25, 0.3) is 44.9 Å². The minimum Gasteiger partial charge on any atom is -0.469 e. The number of fused-ring (bicyclic) bond motifs is 7. The SMILES string of the molecule is CCC(O)(CC)C(=O)N[C@H]1Cc2ccc3c(c2)[C@]24c5cccc(c5NC2O3)-c2cccc3c2c(cn3P(=O)(O)O)-c2cnc(o2)-c2nc(oc24)[C@H](C(C)C)NC1=O. The van der Waals surface area contributed by atoms with Crippen LogP contribution in [0.2, 0.25) is 0 Å². The van der Waals surface area contributed by atoms with Crippen LogP contribution in [0.15, 0.2) is 75.8 Å². The van der Waals surface area contributed by atoms with Gasteiger partial charge in [-0.3, -0.25) is 13.9 Å². The number of nitrogens with one attached hydrogen (secondary N) is 3. The highest BCUT2D eigenvalue weighted by atomic mass is 31.2. The molecule has 57 heavy (non-hydrogen) atoms. The number of anilines is 1. The van der Waals surface area contributed by atoms with E-state index in [9.17, 15) is 29.0 Å². The van der Waals surface area contributed by atoms with Crippen molar-refractivity contribution in [2.24, 2.45) is 5.92 Å². The van der Waals surface area contributed by atoms with E-state index in [1.165, 1.54) is 12.4 Å². The van der Waals surface area contributed by atoms with Gasteiger partial charge in [-0.2, -0.15) is 0 Å². The fraction of sp³-hybridized carbons (Fsp3) is 0.317. The molecule has 1 unspecified atom stereocenters.